The molecule has 1 amide bonds. The summed E-state index contributed by atoms with van der Waals surface area (Å²) in [5.41, 5.74) is 1.37. The van der Waals surface area contributed by atoms with Gasteiger partial charge in [0.25, 0.3) is 0 Å². The Bertz CT molecular complexity index is 809. The Morgan fingerprint density at radius 2 is 1.85 bits per heavy atom. The van der Waals surface area contributed by atoms with Crippen molar-refractivity contribution in [2.45, 2.75) is 33.4 Å². The van der Waals surface area contributed by atoms with Crippen molar-refractivity contribution >= 4 is 11.6 Å². The van der Waals surface area contributed by atoms with Crippen LogP contribution in [0.25, 0.3) is 0 Å². The molecule has 0 spiro atoms. The molecule has 1 unspecified atom stereocenters. The minimum atomic E-state index is -0.685. The highest BCUT2D eigenvalue weighted by Gasteiger charge is 2.26. The molecule has 0 saturated heterocycles. The third kappa shape index (κ3) is 3.93. The summed E-state index contributed by atoms with van der Waals surface area (Å²) in [4.78, 5) is 23.1. The zero-order chi connectivity index (χ0) is 19.4. The number of carbonyl (C=O) groups excluding carboxylic acids is 1. The van der Waals surface area contributed by atoms with E-state index in [1.54, 1.807) is 53.2 Å². The molecule has 1 atom stereocenters. The van der Waals surface area contributed by atoms with Gasteiger partial charge in [0.05, 0.1) is 19.1 Å². The first kappa shape index (κ1) is 19.2. The van der Waals surface area contributed by atoms with E-state index in [1.165, 1.54) is 4.68 Å². The third-order valence-electron chi connectivity index (χ3n) is 4.09. The van der Waals surface area contributed by atoms with Gasteiger partial charge in [-0.25, -0.2) is 0 Å². The minimum Gasteiger partial charge on any atom is -0.497 e. The molecule has 2 rings (SSSR count). The molecule has 0 saturated carbocycles. The average Bonchev–Trinajstić information content (AvgIpc) is 2.92. The number of carbonyl (C=O) groups is 1. The molecule has 0 bridgehead atoms. The number of benzene rings is 1. The van der Waals surface area contributed by atoms with E-state index < -0.39 is 11.0 Å². The number of rotatable bonds is 7. The van der Waals surface area contributed by atoms with Crippen LogP contribution in [0.1, 0.15) is 29.9 Å². The Morgan fingerprint density at radius 1 is 1.27 bits per heavy atom. The number of nitrogens with zero attached hydrogens (tertiary/aromatic N) is 3. The molecular formula is C17H22N4O5. The lowest BCUT2D eigenvalue weighted by Gasteiger charge is -2.15. The van der Waals surface area contributed by atoms with Crippen molar-refractivity contribution in [3.63, 3.8) is 0 Å². The smallest absolute Gasteiger partial charge is 0.312 e. The van der Waals surface area contributed by atoms with Crippen molar-refractivity contribution in [1.82, 2.24) is 15.1 Å². The second kappa shape index (κ2) is 7.85. The number of methoxy groups -OCH3 is 2. The molecule has 9 heteroatoms. The third-order valence-corrected chi connectivity index (χ3v) is 4.09. The van der Waals surface area contributed by atoms with Crippen molar-refractivity contribution in [2.75, 3.05) is 14.2 Å². The fourth-order valence-electron chi connectivity index (χ4n) is 2.71. The van der Waals surface area contributed by atoms with E-state index in [-0.39, 0.29) is 23.8 Å². The SMILES string of the molecule is COc1cc(CNC(=O)C(C)n2nc(C)c([N+](=O)[O-])c2C)cc(OC)c1. The molecule has 0 aliphatic rings. The first-order valence-electron chi connectivity index (χ1n) is 7.98. The molecule has 0 fully saturated rings. The van der Waals surface area contributed by atoms with Crippen molar-refractivity contribution in [3.8, 4) is 11.5 Å². The summed E-state index contributed by atoms with van der Waals surface area (Å²) in [5.74, 6) is 0.943. The standard InChI is InChI=1S/C17H22N4O5/c1-10-16(21(23)24)11(2)20(19-10)12(3)17(22)18-9-13-6-14(25-4)8-15(7-13)26-5/h6-8,12H,9H2,1-5H3,(H,18,22). The monoisotopic (exact) mass is 362 g/mol. The van der Waals surface area contributed by atoms with Crippen LogP contribution >= 0.6 is 0 Å². The van der Waals surface area contributed by atoms with Crippen LogP contribution in [0.5, 0.6) is 11.5 Å². The van der Waals surface area contributed by atoms with Gasteiger partial charge < -0.3 is 14.8 Å². The van der Waals surface area contributed by atoms with E-state index in [2.05, 4.69) is 10.4 Å². The summed E-state index contributed by atoms with van der Waals surface area (Å²) in [6.07, 6.45) is 0. The van der Waals surface area contributed by atoms with Crippen LogP contribution in [-0.2, 0) is 11.3 Å². The Morgan fingerprint density at radius 3 is 2.31 bits per heavy atom. The Labute approximate surface area is 151 Å². The van der Waals surface area contributed by atoms with Gasteiger partial charge in [0.2, 0.25) is 5.91 Å². The van der Waals surface area contributed by atoms with Crippen LogP contribution in [0, 0.1) is 24.0 Å². The second-order valence-corrected chi connectivity index (χ2v) is 5.84. The maximum atomic E-state index is 12.5. The van der Waals surface area contributed by atoms with Gasteiger partial charge in [-0.15, -0.1) is 0 Å². The topological polar surface area (TPSA) is 109 Å². The van der Waals surface area contributed by atoms with Crippen LogP contribution in [0.4, 0.5) is 5.69 Å². The highest BCUT2D eigenvalue weighted by atomic mass is 16.6. The van der Waals surface area contributed by atoms with E-state index in [0.29, 0.717) is 17.2 Å². The number of ether oxygens (including phenoxy) is 2. The van der Waals surface area contributed by atoms with Crippen molar-refractivity contribution < 1.29 is 19.2 Å². The van der Waals surface area contributed by atoms with E-state index in [0.717, 1.165) is 5.56 Å². The van der Waals surface area contributed by atoms with Gasteiger partial charge in [-0.2, -0.15) is 5.10 Å². The molecule has 1 aromatic carbocycles. The van der Waals surface area contributed by atoms with Gasteiger partial charge >= 0.3 is 5.69 Å². The Kier molecular flexibility index (Phi) is 5.81. The number of nitro groups is 1. The van der Waals surface area contributed by atoms with Crippen molar-refractivity contribution in [3.05, 3.63) is 45.3 Å². The van der Waals surface area contributed by atoms with Crippen molar-refractivity contribution in [2.24, 2.45) is 0 Å². The Hall–Kier alpha value is -3.10. The second-order valence-electron chi connectivity index (χ2n) is 5.84. The number of nitrogens with one attached hydrogen (secondary N) is 1. The van der Waals surface area contributed by atoms with Gasteiger partial charge in [0, 0.05) is 12.6 Å². The molecule has 1 aromatic heterocycles. The first-order valence-corrected chi connectivity index (χ1v) is 7.98. The van der Waals surface area contributed by atoms with E-state index >= 15 is 0 Å². The fourth-order valence-corrected chi connectivity index (χ4v) is 2.71. The van der Waals surface area contributed by atoms with E-state index in [1.807, 2.05) is 0 Å². The summed E-state index contributed by atoms with van der Waals surface area (Å²) in [5, 5.41) is 18.0. The molecule has 9 nitrogen and oxygen atoms in total. The molecule has 1 N–H and O–H groups in total. The zero-order valence-electron chi connectivity index (χ0n) is 15.4. The fraction of sp³-hybridized carbons (Fsp3) is 0.412. The highest BCUT2D eigenvalue weighted by molar-refractivity contribution is 5.80. The van der Waals surface area contributed by atoms with Crippen LogP contribution < -0.4 is 14.8 Å². The summed E-state index contributed by atoms with van der Waals surface area (Å²) in [7, 11) is 3.10. The lowest BCUT2D eigenvalue weighted by Crippen LogP contribution is -2.31. The average molecular weight is 362 g/mol. The number of aromatic nitrogens is 2. The molecule has 26 heavy (non-hydrogen) atoms. The van der Waals surface area contributed by atoms with Gasteiger partial charge in [0.15, 0.2) is 0 Å². The number of hydrogen-bond donors (Lipinski definition) is 1. The van der Waals surface area contributed by atoms with Crippen LogP contribution in [0.3, 0.4) is 0 Å². The van der Waals surface area contributed by atoms with Gasteiger partial charge in [0.1, 0.15) is 28.9 Å². The molecule has 140 valence electrons. The lowest BCUT2D eigenvalue weighted by atomic mass is 10.2. The highest BCUT2D eigenvalue weighted by Crippen LogP contribution is 2.25. The van der Waals surface area contributed by atoms with E-state index in [4.69, 9.17) is 9.47 Å². The predicted octanol–water partition coefficient (Wildman–Crippen LogP) is 2.30. The zero-order valence-corrected chi connectivity index (χ0v) is 15.4. The molecule has 2 aromatic rings. The number of hydrogen-bond acceptors (Lipinski definition) is 6. The summed E-state index contributed by atoms with van der Waals surface area (Å²) >= 11 is 0. The van der Waals surface area contributed by atoms with Crippen LogP contribution in [-0.4, -0.2) is 34.8 Å². The number of aryl methyl sites for hydroxylation is 1. The molecule has 1 heterocycles. The quantitative estimate of drug-likeness (QED) is 0.598. The normalized spacial score (nSPS) is 11.7. The number of amides is 1. The maximum Gasteiger partial charge on any atom is 0.312 e. The molecule has 0 radical (unpaired) electrons. The van der Waals surface area contributed by atoms with Crippen molar-refractivity contribution in [1.29, 1.82) is 0 Å². The van der Waals surface area contributed by atoms with Crippen LogP contribution in [0.15, 0.2) is 18.2 Å². The lowest BCUT2D eigenvalue weighted by molar-refractivity contribution is -0.386. The summed E-state index contributed by atoms with van der Waals surface area (Å²) in [6.45, 7) is 5.03. The summed E-state index contributed by atoms with van der Waals surface area (Å²) in [6, 6.07) is 4.64. The van der Waals surface area contributed by atoms with Gasteiger partial charge in [-0.3, -0.25) is 19.6 Å². The predicted molar refractivity (Wildman–Crippen MR) is 94.5 cm³/mol. The van der Waals surface area contributed by atoms with E-state index in [9.17, 15) is 14.9 Å². The molecule has 0 aliphatic carbocycles. The van der Waals surface area contributed by atoms with Gasteiger partial charge in [-0.1, -0.05) is 0 Å². The summed E-state index contributed by atoms with van der Waals surface area (Å²) < 4.78 is 11.8. The molecular weight excluding hydrogens is 340 g/mol. The first-order chi connectivity index (χ1) is 12.3. The van der Waals surface area contributed by atoms with Gasteiger partial charge in [-0.05, 0) is 38.5 Å². The largest absolute Gasteiger partial charge is 0.497 e. The Balaban J connectivity index is 2.13. The molecule has 0 aliphatic heterocycles. The van der Waals surface area contributed by atoms with Crippen LogP contribution in [0.2, 0.25) is 0 Å². The maximum absolute atomic E-state index is 12.5. The minimum absolute atomic E-state index is 0.0674.